The van der Waals surface area contributed by atoms with Crippen LogP contribution in [0.5, 0.6) is 0 Å². The van der Waals surface area contributed by atoms with E-state index in [4.69, 9.17) is 0 Å². The number of nitrogens with one attached hydrogen (secondary N) is 1. The topological polar surface area (TPSA) is 46.0 Å². The van der Waals surface area contributed by atoms with Gasteiger partial charge in [0, 0.05) is 6.20 Å². The molecule has 76 valence electrons. The number of benzene rings is 1. The monoisotopic (exact) mass is 208 g/mol. The van der Waals surface area contributed by atoms with Gasteiger partial charge in [0.1, 0.15) is 11.2 Å². The van der Waals surface area contributed by atoms with Gasteiger partial charge in [0.15, 0.2) is 0 Å². The van der Waals surface area contributed by atoms with Gasteiger partial charge in [-0.15, -0.1) is 0 Å². The first kappa shape index (κ1) is 7.87. The zero-order valence-corrected chi connectivity index (χ0v) is 8.38. The number of hydrogen-bond donors (Lipinski definition) is 1. The third-order valence-corrected chi connectivity index (χ3v) is 2.87. The maximum atomic E-state index is 4.61. The number of aromatic nitrogens is 4. The molecule has 1 N–H and O–H groups in total. The molecule has 0 aliphatic rings. The van der Waals surface area contributed by atoms with Crippen LogP contribution in [0.15, 0.2) is 42.9 Å². The van der Waals surface area contributed by atoms with E-state index in [2.05, 4.69) is 25.4 Å². The third-order valence-electron chi connectivity index (χ3n) is 2.87. The Labute approximate surface area is 90.6 Å². The molecule has 1 aromatic carbocycles. The molecule has 4 nitrogen and oxygen atoms in total. The van der Waals surface area contributed by atoms with Gasteiger partial charge in [0.2, 0.25) is 0 Å². The van der Waals surface area contributed by atoms with Crippen molar-refractivity contribution in [3.8, 4) is 0 Å². The molecule has 0 unspecified atom stereocenters. The molecule has 0 aliphatic heterocycles. The molecule has 0 saturated heterocycles. The molecule has 16 heavy (non-hydrogen) atoms. The lowest BCUT2D eigenvalue weighted by molar-refractivity contribution is 1.23. The predicted molar refractivity (Wildman–Crippen MR) is 62.3 cm³/mol. The van der Waals surface area contributed by atoms with Crippen molar-refractivity contribution in [3.05, 3.63) is 42.9 Å². The quantitative estimate of drug-likeness (QED) is 0.482. The van der Waals surface area contributed by atoms with E-state index < -0.39 is 0 Å². The Bertz CT molecular complexity index is 809. The minimum Gasteiger partial charge on any atom is -0.343 e. The van der Waals surface area contributed by atoms with Crippen LogP contribution in [0, 0.1) is 0 Å². The van der Waals surface area contributed by atoms with Gasteiger partial charge < -0.3 is 4.98 Å². The van der Waals surface area contributed by atoms with Crippen molar-refractivity contribution in [3.63, 3.8) is 0 Å². The molecule has 0 atom stereocenters. The molecule has 0 fully saturated rings. The van der Waals surface area contributed by atoms with E-state index in [0.717, 1.165) is 27.7 Å². The van der Waals surface area contributed by atoms with Gasteiger partial charge in [0.05, 0.1) is 22.9 Å². The molecular weight excluding hydrogens is 200 g/mol. The Balaban J connectivity index is 2.38. The second kappa shape index (κ2) is 2.61. The first-order valence-corrected chi connectivity index (χ1v) is 5.12. The molecule has 0 amide bonds. The molecule has 0 spiro atoms. The van der Waals surface area contributed by atoms with Crippen molar-refractivity contribution in [2.75, 3.05) is 0 Å². The SMILES string of the molecule is c1ccn2c(c1)nc1c3[nH]cnc3ccc12. The fourth-order valence-electron chi connectivity index (χ4n) is 2.14. The Hall–Kier alpha value is -2.36. The van der Waals surface area contributed by atoms with Gasteiger partial charge in [-0.2, -0.15) is 0 Å². The first-order chi connectivity index (χ1) is 7.93. The molecule has 4 aromatic rings. The van der Waals surface area contributed by atoms with Crippen LogP contribution >= 0.6 is 0 Å². The summed E-state index contributed by atoms with van der Waals surface area (Å²) >= 11 is 0. The zero-order valence-electron chi connectivity index (χ0n) is 8.38. The van der Waals surface area contributed by atoms with Gasteiger partial charge in [-0.25, -0.2) is 9.97 Å². The highest BCUT2D eigenvalue weighted by atomic mass is 15.0. The average Bonchev–Trinajstić information content (AvgIpc) is 2.92. The van der Waals surface area contributed by atoms with Crippen molar-refractivity contribution in [2.45, 2.75) is 0 Å². The number of H-pyrrole nitrogens is 1. The summed E-state index contributed by atoms with van der Waals surface area (Å²) < 4.78 is 2.08. The van der Waals surface area contributed by atoms with Crippen LogP contribution in [0.4, 0.5) is 0 Å². The largest absolute Gasteiger partial charge is 0.343 e. The Morgan fingerprint density at radius 2 is 2.12 bits per heavy atom. The Morgan fingerprint density at radius 1 is 1.12 bits per heavy atom. The lowest BCUT2D eigenvalue weighted by Gasteiger charge is -1.93. The minimum atomic E-state index is 0.955. The number of imidazole rings is 2. The molecule has 0 saturated carbocycles. The van der Waals surface area contributed by atoms with Crippen LogP contribution in [-0.4, -0.2) is 19.4 Å². The molecule has 4 rings (SSSR count). The van der Waals surface area contributed by atoms with E-state index in [1.165, 1.54) is 0 Å². The summed E-state index contributed by atoms with van der Waals surface area (Å²) in [5.74, 6) is 0. The normalized spacial score (nSPS) is 11.8. The summed E-state index contributed by atoms with van der Waals surface area (Å²) in [6, 6.07) is 10.1. The highest BCUT2D eigenvalue weighted by molar-refractivity contribution is 6.01. The maximum Gasteiger partial charge on any atom is 0.137 e. The van der Waals surface area contributed by atoms with E-state index in [0.29, 0.717) is 0 Å². The third kappa shape index (κ3) is 0.839. The van der Waals surface area contributed by atoms with Gasteiger partial charge in [-0.1, -0.05) is 6.07 Å². The van der Waals surface area contributed by atoms with Crippen molar-refractivity contribution in [1.82, 2.24) is 19.4 Å². The van der Waals surface area contributed by atoms with Crippen LogP contribution in [0.1, 0.15) is 0 Å². The van der Waals surface area contributed by atoms with Crippen molar-refractivity contribution in [1.29, 1.82) is 0 Å². The van der Waals surface area contributed by atoms with Crippen LogP contribution < -0.4 is 0 Å². The smallest absolute Gasteiger partial charge is 0.137 e. The second-order valence-corrected chi connectivity index (χ2v) is 3.77. The van der Waals surface area contributed by atoms with Gasteiger partial charge in [0.25, 0.3) is 0 Å². The summed E-state index contributed by atoms with van der Waals surface area (Å²) in [7, 11) is 0. The van der Waals surface area contributed by atoms with Crippen molar-refractivity contribution < 1.29 is 0 Å². The molecule has 0 bridgehead atoms. The highest BCUT2D eigenvalue weighted by Crippen LogP contribution is 2.23. The van der Waals surface area contributed by atoms with Crippen molar-refractivity contribution in [2.24, 2.45) is 0 Å². The molecule has 0 radical (unpaired) electrons. The summed E-state index contributed by atoms with van der Waals surface area (Å²) in [6.45, 7) is 0. The van der Waals surface area contributed by atoms with E-state index >= 15 is 0 Å². The van der Waals surface area contributed by atoms with E-state index in [1.54, 1.807) is 6.33 Å². The van der Waals surface area contributed by atoms with Crippen LogP contribution in [0.2, 0.25) is 0 Å². The summed E-state index contributed by atoms with van der Waals surface area (Å²) in [5, 5.41) is 0. The molecule has 0 aliphatic carbocycles. The second-order valence-electron chi connectivity index (χ2n) is 3.77. The molecule has 3 heterocycles. The summed E-state index contributed by atoms with van der Waals surface area (Å²) in [5.41, 5.74) is 4.99. The highest BCUT2D eigenvalue weighted by Gasteiger charge is 2.08. The standard InChI is InChI=1S/C12H8N4/c1-2-6-16-9-5-4-8-11(14-7-13-8)12(9)15-10(16)3-1/h1-7H,(H,13,14). The first-order valence-electron chi connectivity index (χ1n) is 5.12. The van der Waals surface area contributed by atoms with E-state index in [1.807, 2.05) is 30.5 Å². The van der Waals surface area contributed by atoms with Gasteiger partial charge >= 0.3 is 0 Å². The number of rotatable bonds is 0. The number of aromatic amines is 1. The van der Waals surface area contributed by atoms with E-state index in [-0.39, 0.29) is 0 Å². The maximum absolute atomic E-state index is 4.61. The van der Waals surface area contributed by atoms with Crippen LogP contribution in [0.25, 0.3) is 27.7 Å². The summed E-state index contributed by atoms with van der Waals surface area (Å²) in [6.07, 6.45) is 3.72. The summed E-state index contributed by atoms with van der Waals surface area (Å²) in [4.78, 5) is 12.0. The van der Waals surface area contributed by atoms with Crippen LogP contribution in [0.3, 0.4) is 0 Å². The Kier molecular flexibility index (Phi) is 1.28. The number of hydrogen-bond acceptors (Lipinski definition) is 2. The van der Waals surface area contributed by atoms with E-state index in [9.17, 15) is 0 Å². The predicted octanol–water partition coefficient (Wildman–Crippen LogP) is 2.36. The number of fused-ring (bicyclic) bond motifs is 5. The molecular formula is C12H8N4. The van der Waals surface area contributed by atoms with Crippen LogP contribution in [-0.2, 0) is 0 Å². The number of pyridine rings is 1. The fourth-order valence-corrected chi connectivity index (χ4v) is 2.14. The lowest BCUT2D eigenvalue weighted by atomic mass is 10.2. The van der Waals surface area contributed by atoms with Gasteiger partial charge in [-0.3, -0.25) is 4.40 Å². The fraction of sp³-hybridized carbons (Fsp3) is 0. The molecule has 4 heteroatoms. The van der Waals surface area contributed by atoms with Crippen molar-refractivity contribution >= 4 is 27.7 Å². The van der Waals surface area contributed by atoms with Gasteiger partial charge in [-0.05, 0) is 24.3 Å². The lowest BCUT2D eigenvalue weighted by Crippen LogP contribution is -1.81. The Morgan fingerprint density at radius 3 is 3.12 bits per heavy atom. The zero-order chi connectivity index (χ0) is 10.5. The minimum absolute atomic E-state index is 0.955. The molecule has 3 aromatic heterocycles. The number of nitrogens with zero attached hydrogens (tertiary/aromatic N) is 3. The average molecular weight is 208 g/mol.